The summed E-state index contributed by atoms with van der Waals surface area (Å²) < 4.78 is 58.6. The van der Waals surface area contributed by atoms with E-state index in [1.165, 1.54) is 0 Å². The van der Waals surface area contributed by atoms with E-state index in [9.17, 15) is 21.6 Å². The van der Waals surface area contributed by atoms with Crippen molar-refractivity contribution < 1.29 is 25.8 Å². The van der Waals surface area contributed by atoms with Gasteiger partial charge in [0.05, 0.1) is 6.20 Å². The number of alkyl halides is 3. The average molecular weight is 217 g/mol. The molecule has 0 aromatic carbocycles. The summed E-state index contributed by atoms with van der Waals surface area (Å²) in [6.45, 7) is 0. The first kappa shape index (κ1) is 9.92. The van der Waals surface area contributed by atoms with Crippen molar-refractivity contribution in [1.82, 2.24) is 15.4 Å². The predicted molar refractivity (Wildman–Crippen MR) is 30.7 cm³/mol. The Bertz CT molecular complexity index is 368. The second-order valence-corrected chi connectivity index (χ2v) is 3.29. The van der Waals surface area contributed by atoms with Gasteiger partial charge in [0, 0.05) is 0 Å². The van der Waals surface area contributed by atoms with E-state index in [1.54, 1.807) is 0 Å². The second-order valence-electron chi connectivity index (χ2n) is 1.79. The minimum Gasteiger partial charge on any atom is -0.264 e. The van der Waals surface area contributed by atoms with E-state index in [-0.39, 0.29) is 0 Å². The lowest BCUT2D eigenvalue weighted by atomic mass is 11.0. The van der Waals surface area contributed by atoms with Gasteiger partial charge in [0.2, 0.25) is 5.03 Å². The van der Waals surface area contributed by atoms with Crippen LogP contribution in [0, 0.1) is 0 Å². The summed E-state index contributed by atoms with van der Waals surface area (Å²) in [6.07, 6.45) is -4.60. The third-order valence-electron chi connectivity index (χ3n) is 0.855. The largest absolute Gasteiger partial charge is 0.537 e. The van der Waals surface area contributed by atoms with Crippen molar-refractivity contribution in [2.45, 2.75) is 11.4 Å². The summed E-state index contributed by atoms with van der Waals surface area (Å²) in [4.78, 5) is 0. The minimum absolute atomic E-state index is 0.668. The lowest BCUT2D eigenvalue weighted by molar-refractivity contribution is -0.272. The quantitative estimate of drug-likeness (QED) is 0.706. The van der Waals surface area contributed by atoms with Crippen LogP contribution in [0.1, 0.15) is 0 Å². The molecule has 6 nitrogen and oxygen atoms in total. The van der Waals surface area contributed by atoms with Crippen molar-refractivity contribution in [1.29, 1.82) is 0 Å². The Balaban J connectivity index is 2.93. The molecule has 74 valence electrons. The highest BCUT2D eigenvalue weighted by atomic mass is 32.2. The highest BCUT2D eigenvalue weighted by Crippen LogP contribution is 2.22. The number of hydrogen-bond acceptors (Lipinski definition) is 5. The molecule has 0 fully saturated rings. The number of aromatic amines is 1. The number of hydrogen-bond donors (Lipinski definition) is 1. The molecule has 0 amide bonds. The van der Waals surface area contributed by atoms with Crippen LogP contribution in [0.25, 0.3) is 0 Å². The maximum Gasteiger partial charge on any atom is 0.537 e. The van der Waals surface area contributed by atoms with E-state index in [0.717, 1.165) is 0 Å². The van der Waals surface area contributed by atoms with Gasteiger partial charge in [-0.05, 0) is 0 Å². The Kier molecular flexibility index (Phi) is 2.26. The smallest absolute Gasteiger partial charge is 0.264 e. The minimum atomic E-state index is -5.27. The molecule has 0 aliphatic heterocycles. The molecular weight excluding hydrogens is 215 g/mol. The van der Waals surface area contributed by atoms with Gasteiger partial charge in [0.1, 0.15) is 0 Å². The number of rotatable bonds is 2. The molecule has 0 aliphatic carbocycles. The topological polar surface area (TPSA) is 84.9 Å². The standard InChI is InChI=1S/C3H2F3N3O3S/c4-3(5,6)12-13(10,11)2-1-7-9-8-2/h1H,(H,7,8,9). The van der Waals surface area contributed by atoms with Crippen LogP contribution in [0.2, 0.25) is 0 Å². The summed E-state index contributed by atoms with van der Waals surface area (Å²) in [7, 11) is -4.90. The first-order valence-electron chi connectivity index (χ1n) is 2.70. The van der Waals surface area contributed by atoms with Crippen LogP contribution < -0.4 is 0 Å². The third-order valence-corrected chi connectivity index (χ3v) is 1.97. The second kappa shape index (κ2) is 2.96. The van der Waals surface area contributed by atoms with Gasteiger partial charge >= 0.3 is 16.5 Å². The molecule has 0 aliphatic rings. The maximum absolute atomic E-state index is 11.5. The van der Waals surface area contributed by atoms with E-state index >= 15 is 0 Å². The van der Waals surface area contributed by atoms with Crippen LogP contribution in [0.3, 0.4) is 0 Å². The van der Waals surface area contributed by atoms with E-state index in [0.29, 0.717) is 6.20 Å². The molecule has 0 bridgehead atoms. The van der Waals surface area contributed by atoms with Crippen molar-refractivity contribution in [3.63, 3.8) is 0 Å². The molecule has 1 N–H and O–H groups in total. The normalized spacial score (nSPS) is 13.2. The van der Waals surface area contributed by atoms with Crippen LogP contribution in [0.15, 0.2) is 11.2 Å². The monoisotopic (exact) mass is 217 g/mol. The van der Waals surface area contributed by atoms with Crippen LogP contribution >= 0.6 is 0 Å². The molecule has 0 saturated carbocycles. The molecule has 1 rings (SSSR count). The summed E-state index contributed by atoms with van der Waals surface area (Å²) in [6, 6.07) is 0. The zero-order chi connectivity index (χ0) is 10.1. The molecular formula is C3H2F3N3O3S. The fourth-order valence-electron chi connectivity index (χ4n) is 0.480. The zero-order valence-corrected chi connectivity index (χ0v) is 6.56. The summed E-state index contributed by atoms with van der Waals surface area (Å²) >= 11 is 0. The van der Waals surface area contributed by atoms with Gasteiger partial charge < -0.3 is 0 Å². The first-order chi connectivity index (χ1) is 5.81. The van der Waals surface area contributed by atoms with Gasteiger partial charge in [0.25, 0.3) is 0 Å². The number of nitrogens with zero attached hydrogens (tertiary/aromatic N) is 2. The van der Waals surface area contributed by atoms with Gasteiger partial charge in [-0.15, -0.1) is 18.3 Å². The van der Waals surface area contributed by atoms with Crippen molar-refractivity contribution in [2.75, 3.05) is 0 Å². The molecule has 0 atom stereocenters. The number of H-pyrrole nitrogens is 1. The number of nitrogens with one attached hydrogen (secondary N) is 1. The van der Waals surface area contributed by atoms with Crippen molar-refractivity contribution in [3.8, 4) is 0 Å². The lowest BCUT2D eigenvalue weighted by Crippen LogP contribution is -2.20. The molecule has 10 heteroatoms. The average Bonchev–Trinajstić information content (AvgIpc) is 2.29. The van der Waals surface area contributed by atoms with Gasteiger partial charge in [-0.3, -0.25) is 5.10 Å². The highest BCUT2D eigenvalue weighted by molar-refractivity contribution is 7.86. The van der Waals surface area contributed by atoms with E-state index < -0.39 is 21.5 Å². The molecule has 1 aromatic rings. The Morgan fingerprint density at radius 3 is 2.46 bits per heavy atom. The third kappa shape index (κ3) is 2.66. The number of halogens is 3. The number of aromatic nitrogens is 3. The highest BCUT2D eigenvalue weighted by Gasteiger charge is 2.38. The van der Waals surface area contributed by atoms with Crippen molar-refractivity contribution >= 4 is 10.1 Å². The summed E-state index contributed by atoms with van der Waals surface area (Å²) in [5, 5.41) is 6.78. The fraction of sp³-hybridized carbons (Fsp3) is 0.333. The zero-order valence-electron chi connectivity index (χ0n) is 5.74. The van der Waals surface area contributed by atoms with Gasteiger partial charge in [-0.1, -0.05) is 5.21 Å². The maximum atomic E-state index is 11.5. The van der Waals surface area contributed by atoms with Crippen LogP contribution in [-0.2, 0) is 14.3 Å². The lowest BCUT2D eigenvalue weighted by Gasteiger charge is -2.04. The Hall–Kier alpha value is -1.16. The van der Waals surface area contributed by atoms with Crippen LogP contribution in [-0.4, -0.2) is 30.2 Å². The Morgan fingerprint density at radius 2 is 2.08 bits per heavy atom. The van der Waals surface area contributed by atoms with Crippen LogP contribution in [0.4, 0.5) is 13.2 Å². The predicted octanol–water partition coefficient (Wildman–Crippen LogP) is 0.0298. The van der Waals surface area contributed by atoms with Gasteiger partial charge in [-0.2, -0.15) is 12.6 Å². The van der Waals surface area contributed by atoms with Crippen molar-refractivity contribution in [2.24, 2.45) is 0 Å². The summed E-state index contributed by atoms with van der Waals surface area (Å²) in [5.41, 5.74) is 0. The van der Waals surface area contributed by atoms with Crippen LogP contribution in [0.5, 0.6) is 0 Å². The Labute approximate surface area is 69.8 Å². The Morgan fingerprint density at radius 1 is 1.46 bits per heavy atom. The van der Waals surface area contributed by atoms with Gasteiger partial charge in [0.15, 0.2) is 0 Å². The van der Waals surface area contributed by atoms with E-state index in [4.69, 9.17) is 0 Å². The molecule has 0 radical (unpaired) electrons. The fourth-order valence-corrected chi connectivity index (χ4v) is 1.15. The molecule has 13 heavy (non-hydrogen) atoms. The SMILES string of the molecule is O=S(=O)(OC(F)(F)F)c1c[nH]nn1. The van der Waals surface area contributed by atoms with E-state index in [2.05, 4.69) is 14.5 Å². The summed E-state index contributed by atoms with van der Waals surface area (Å²) in [5.74, 6) is 0. The molecule has 0 unspecified atom stereocenters. The molecule has 0 saturated heterocycles. The molecule has 1 aromatic heterocycles. The molecule has 0 spiro atoms. The molecule has 1 heterocycles. The van der Waals surface area contributed by atoms with Gasteiger partial charge in [-0.25, -0.2) is 0 Å². The van der Waals surface area contributed by atoms with E-state index in [1.807, 2.05) is 5.10 Å². The van der Waals surface area contributed by atoms with Crippen molar-refractivity contribution in [3.05, 3.63) is 6.20 Å². The first-order valence-corrected chi connectivity index (χ1v) is 4.11.